The first-order chi connectivity index (χ1) is 17.6. The third kappa shape index (κ3) is 5.38. The van der Waals surface area contributed by atoms with Gasteiger partial charge in [-0.3, -0.25) is 0 Å². The molecule has 184 valence electrons. The molecule has 0 saturated carbocycles. The third-order valence-corrected chi connectivity index (χ3v) is 6.40. The number of ether oxygens (including phenoxy) is 1. The number of hydrogen-bond donors (Lipinski definition) is 4. The summed E-state index contributed by atoms with van der Waals surface area (Å²) in [4.78, 5) is 26.7. The first-order valence-corrected chi connectivity index (χ1v) is 12.2. The number of benzene rings is 2. The SMILES string of the molecule is Bc1cnc(Nc2cccc(NC(=O)N3CCCC3)c2)nc1NCCc1c[nH]c2cc(OC)ccc12. The lowest BCUT2D eigenvalue weighted by molar-refractivity contribution is 0.222. The van der Waals surface area contributed by atoms with E-state index >= 15 is 0 Å². The monoisotopic (exact) mass is 483 g/mol. The van der Waals surface area contributed by atoms with Gasteiger partial charge in [0.05, 0.1) is 7.11 Å². The number of anilines is 4. The van der Waals surface area contributed by atoms with Crippen LogP contribution in [0.3, 0.4) is 0 Å². The number of methoxy groups -OCH3 is 1. The van der Waals surface area contributed by atoms with Gasteiger partial charge in [0.15, 0.2) is 0 Å². The number of nitrogens with zero attached hydrogens (tertiary/aromatic N) is 3. The van der Waals surface area contributed by atoms with Crippen molar-refractivity contribution in [3.63, 3.8) is 0 Å². The Morgan fingerprint density at radius 1 is 1.17 bits per heavy atom. The van der Waals surface area contributed by atoms with Crippen molar-refractivity contribution in [1.82, 2.24) is 19.9 Å². The maximum absolute atomic E-state index is 12.4. The third-order valence-electron chi connectivity index (χ3n) is 6.40. The molecule has 1 aliphatic rings. The molecule has 5 rings (SSSR count). The van der Waals surface area contributed by atoms with E-state index in [0.29, 0.717) is 5.95 Å². The summed E-state index contributed by atoms with van der Waals surface area (Å²) in [6.45, 7) is 2.35. The summed E-state index contributed by atoms with van der Waals surface area (Å²) in [6, 6.07) is 13.6. The van der Waals surface area contributed by atoms with Crippen LogP contribution in [0.5, 0.6) is 5.75 Å². The molecule has 0 unspecified atom stereocenters. The highest BCUT2D eigenvalue weighted by Crippen LogP contribution is 2.24. The standard InChI is InChI=1S/C26H30BN7O2/c1-36-20-7-8-21-17(15-29-23(21)14-20)9-10-28-24-22(27)16-30-25(33-24)31-18-5-4-6-19(13-18)32-26(35)34-11-2-3-12-34/h4-8,13-16,29H,2-3,9-12,27H2,1H3,(H,32,35)(H2,28,30,31,33). The Kier molecular flexibility index (Phi) is 6.93. The van der Waals surface area contributed by atoms with E-state index in [1.807, 2.05) is 55.3 Å². The average molecular weight is 483 g/mol. The molecule has 10 heteroatoms. The molecule has 3 heterocycles. The molecule has 1 aliphatic heterocycles. The fraction of sp³-hybridized carbons (Fsp3) is 0.269. The highest BCUT2D eigenvalue weighted by Gasteiger charge is 2.17. The lowest BCUT2D eigenvalue weighted by Gasteiger charge is -2.16. The number of urea groups is 1. The average Bonchev–Trinajstić information content (AvgIpc) is 3.56. The molecule has 2 aromatic carbocycles. The highest BCUT2D eigenvalue weighted by atomic mass is 16.5. The number of nitrogens with one attached hydrogen (secondary N) is 4. The van der Waals surface area contributed by atoms with Crippen LogP contribution >= 0.6 is 0 Å². The maximum atomic E-state index is 12.4. The second-order valence-electron chi connectivity index (χ2n) is 8.96. The number of likely N-dealkylation sites (tertiary alicyclic amines) is 1. The zero-order chi connectivity index (χ0) is 24.9. The Morgan fingerprint density at radius 2 is 2.00 bits per heavy atom. The molecule has 0 radical (unpaired) electrons. The van der Waals surface area contributed by atoms with Crippen LogP contribution in [0.4, 0.5) is 27.9 Å². The van der Waals surface area contributed by atoms with Crippen molar-refractivity contribution in [2.45, 2.75) is 19.3 Å². The van der Waals surface area contributed by atoms with Crippen molar-refractivity contribution in [1.29, 1.82) is 0 Å². The summed E-state index contributed by atoms with van der Waals surface area (Å²) < 4.78 is 5.31. The number of hydrogen-bond acceptors (Lipinski definition) is 6. The number of H-pyrrole nitrogens is 1. The Labute approximate surface area is 211 Å². The predicted octanol–water partition coefficient (Wildman–Crippen LogP) is 3.25. The normalized spacial score (nSPS) is 13.1. The molecule has 1 saturated heterocycles. The number of aromatic nitrogens is 3. The van der Waals surface area contributed by atoms with Crippen molar-refractivity contribution in [2.24, 2.45) is 0 Å². The van der Waals surface area contributed by atoms with Gasteiger partial charge in [-0.1, -0.05) is 6.07 Å². The van der Waals surface area contributed by atoms with Gasteiger partial charge in [0.25, 0.3) is 0 Å². The summed E-state index contributed by atoms with van der Waals surface area (Å²) in [6.07, 6.45) is 6.81. The van der Waals surface area contributed by atoms with E-state index in [2.05, 4.69) is 37.0 Å². The Hall–Kier alpha value is -4.21. The number of fused-ring (bicyclic) bond motifs is 1. The van der Waals surface area contributed by atoms with Crippen LogP contribution in [0.2, 0.25) is 0 Å². The highest BCUT2D eigenvalue weighted by molar-refractivity contribution is 6.35. The second kappa shape index (κ2) is 10.6. The molecule has 0 spiro atoms. The van der Waals surface area contributed by atoms with Crippen molar-refractivity contribution in [2.75, 3.05) is 42.7 Å². The molecule has 0 bridgehead atoms. The molecule has 4 aromatic rings. The van der Waals surface area contributed by atoms with Crippen LogP contribution in [0.1, 0.15) is 18.4 Å². The van der Waals surface area contributed by atoms with Gasteiger partial charge in [0.2, 0.25) is 5.95 Å². The second-order valence-corrected chi connectivity index (χ2v) is 8.96. The molecular weight excluding hydrogens is 453 g/mol. The minimum atomic E-state index is -0.0583. The van der Waals surface area contributed by atoms with Crippen LogP contribution in [-0.4, -0.2) is 60.5 Å². The van der Waals surface area contributed by atoms with Crippen LogP contribution in [-0.2, 0) is 6.42 Å². The first kappa shape index (κ1) is 23.5. The molecule has 36 heavy (non-hydrogen) atoms. The molecule has 0 aliphatic carbocycles. The van der Waals surface area contributed by atoms with Gasteiger partial charge in [-0.15, -0.1) is 0 Å². The van der Waals surface area contributed by atoms with E-state index in [4.69, 9.17) is 4.74 Å². The predicted molar refractivity (Wildman–Crippen MR) is 147 cm³/mol. The zero-order valence-corrected chi connectivity index (χ0v) is 20.6. The van der Waals surface area contributed by atoms with Crippen LogP contribution in [0, 0.1) is 0 Å². The van der Waals surface area contributed by atoms with E-state index in [-0.39, 0.29) is 6.03 Å². The molecule has 2 amide bonds. The smallest absolute Gasteiger partial charge is 0.321 e. The number of carbonyl (C=O) groups excluding carboxylic acids is 1. The van der Waals surface area contributed by atoms with Gasteiger partial charge in [0, 0.05) is 60.4 Å². The summed E-state index contributed by atoms with van der Waals surface area (Å²) in [5.74, 6) is 2.11. The minimum Gasteiger partial charge on any atom is -0.497 e. The topological polar surface area (TPSA) is 107 Å². The van der Waals surface area contributed by atoms with Crippen LogP contribution in [0.25, 0.3) is 10.9 Å². The fourth-order valence-corrected chi connectivity index (χ4v) is 4.42. The van der Waals surface area contributed by atoms with E-state index < -0.39 is 0 Å². The molecular formula is C26H30BN7O2. The number of rotatable bonds is 8. The van der Waals surface area contributed by atoms with E-state index in [9.17, 15) is 4.79 Å². The Morgan fingerprint density at radius 3 is 2.83 bits per heavy atom. The Bertz CT molecular complexity index is 1370. The van der Waals surface area contributed by atoms with Crippen molar-refractivity contribution >= 4 is 53.4 Å². The molecule has 1 fully saturated rings. The summed E-state index contributed by atoms with van der Waals surface area (Å²) >= 11 is 0. The quantitative estimate of drug-likeness (QED) is 0.287. The maximum Gasteiger partial charge on any atom is 0.321 e. The van der Waals surface area contributed by atoms with Gasteiger partial charge in [-0.2, -0.15) is 4.98 Å². The summed E-state index contributed by atoms with van der Waals surface area (Å²) in [5.41, 5.74) is 4.80. The molecule has 2 aromatic heterocycles. The van der Waals surface area contributed by atoms with Gasteiger partial charge in [-0.25, -0.2) is 9.78 Å². The van der Waals surface area contributed by atoms with Gasteiger partial charge >= 0.3 is 6.03 Å². The summed E-state index contributed by atoms with van der Waals surface area (Å²) in [5, 5.41) is 10.9. The lowest BCUT2D eigenvalue weighted by Crippen LogP contribution is -2.32. The first-order valence-electron chi connectivity index (χ1n) is 12.2. The van der Waals surface area contributed by atoms with E-state index in [1.54, 1.807) is 13.3 Å². The minimum absolute atomic E-state index is 0.0583. The Balaban J connectivity index is 1.21. The molecule has 9 nitrogen and oxygen atoms in total. The largest absolute Gasteiger partial charge is 0.497 e. The number of carbonyl (C=O) groups is 1. The fourth-order valence-electron chi connectivity index (χ4n) is 4.42. The number of amides is 2. The number of aromatic amines is 1. The van der Waals surface area contributed by atoms with E-state index in [1.165, 1.54) is 10.9 Å². The van der Waals surface area contributed by atoms with Gasteiger partial charge < -0.3 is 30.6 Å². The van der Waals surface area contributed by atoms with Crippen LogP contribution in [0.15, 0.2) is 54.9 Å². The van der Waals surface area contributed by atoms with Gasteiger partial charge in [0.1, 0.15) is 19.4 Å². The van der Waals surface area contributed by atoms with Crippen molar-refractivity contribution in [3.05, 3.63) is 60.4 Å². The zero-order valence-electron chi connectivity index (χ0n) is 20.6. The van der Waals surface area contributed by atoms with Crippen LogP contribution < -0.4 is 26.2 Å². The van der Waals surface area contributed by atoms with E-state index in [0.717, 1.165) is 72.8 Å². The van der Waals surface area contributed by atoms with Crippen molar-refractivity contribution < 1.29 is 9.53 Å². The summed E-state index contributed by atoms with van der Waals surface area (Å²) in [7, 11) is 3.66. The molecule has 4 N–H and O–H groups in total. The lowest BCUT2D eigenvalue weighted by atomic mass is 9.99. The molecule has 0 atom stereocenters. The van der Waals surface area contributed by atoms with Gasteiger partial charge in [-0.05, 0) is 60.6 Å². The van der Waals surface area contributed by atoms with Crippen molar-refractivity contribution in [3.8, 4) is 5.75 Å².